The minimum absolute atomic E-state index is 0.327. The molecule has 1 fully saturated rings. The molecule has 1 atom stereocenters. The molecule has 0 amide bonds. The van der Waals surface area contributed by atoms with Gasteiger partial charge < -0.3 is 4.74 Å². The lowest BCUT2D eigenvalue weighted by Crippen LogP contribution is -2.44. The van der Waals surface area contributed by atoms with Crippen LogP contribution in [-0.4, -0.2) is 49.8 Å². The molecule has 20 heavy (non-hydrogen) atoms. The molecule has 4 heteroatoms. The SMILES string of the molecule is CCCNC(C#N)(CC)CCCN(CCOC)C1CC1. The first kappa shape index (κ1) is 17.4. The fourth-order valence-corrected chi connectivity index (χ4v) is 2.64. The Kier molecular flexibility index (Phi) is 8.13. The van der Waals surface area contributed by atoms with Gasteiger partial charge in [0.05, 0.1) is 12.7 Å². The molecule has 0 saturated heterocycles. The zero-order valence-corrected chi connectivity index (χ0v) is 13.5. The molecular weight excluding hydrogens is 250 g/mol. The zero-order valence-electron chi connectivity index (χ0n) is 13.5. The molecule has 0 heterocycles. The molecule has 0 aromatic rings. The second-order valence-corrected chi connectivity index (χ2v) is 5.84. The molecule has 1 saturated carbocycles. The Labute approximate surface area is 124 Å². The lowest BCUT2D eigenvalue weighted by Gasteiger charge is -2.28. The topological polar surface area (TPSA) is 48.3 Å². The summed E-state index contributed by atoms with van der Waals surface area (Å²) in [6.07, 6.45) is 6.63. The van der Waals surface area contributed by atoms with Crippen LogP contribution < -0.4 is 5.32 Å². The van der Waals surface area contributed by atoms with Crippen LogP contribution in [-0.2, 0) is 4.74 Å². The molecule has 1 aliphatic rings. The van der Waals surface area contributed by atoms with E-state index in [0.29, 0.717) is 0 Å². The van der Waals surface area contributed by atoms with Crippen LogP contribution in [0.3, 0.4) is 0 Å². The molecule has 0 bridgehead atoms. The highest BCUT2D eigenvalue weighted by Gasteiger charge is 2.30. The number of hydrogen-bond acceptors (Lipinski definition) is 4. The van der Waals surface area contributed by atoms with E-state index in [1.807, 2.05) is 0 Å². The Balaban J connectivity index is 2.36. The van der Waals surface area contributed by atoms with Crippen molar-refractivity contribution in [2.24, 2.45) is 0 Å². The smallest absolute Gasteiger partial charge is 0.106 e. The van der Waals surface area contributed by atoms with Crippen molar-refractivity contribution >= 4 is 0 Å². The summed E-state index contributed by atoms with van der Waals surface area (Å²) in [5.74, 6) is 0. The summed E-state index contributed by atoms with van der Waals surface area (Å²) < 4.78 is 5.19. The number of nitriles is 1. The highest BCUT2D eigenvalue weighted by Crippen LogP contribution is 2.27. The molecule has 1 aliphatic carbocycles. The van der Waals surface area contributed by atoms with Gasteiger partial charge in [-0.05, 0) is 51.6 Å². The molecule has 1 N–H and O–H groups in total. The van der Waals surface area contributed by atoms with E-state index in [4.69, 9.17) is 4.74 Å². The zero-order chi connectivity index (χ0) is 14.8. The molecule has 0 aromatic carbocycles. The van der Waals surface area contributed by atoms with Gasteiger partial charge in [-0.3, -0.25) is 10.2 Å². The summed E-state index contributed by atoms with van der Waals surface area (Å²) in [4.78, 5) is 2.53. The molecule has 116 valence electrons. The van der Waals surface area contributed by atoms with Gasteiger partial charge in [-0.25, -0.2) is 0 Å². The standard InChI is InChI=1S/C16H31N3O/c1-4-10-18-16(5-2,14-17)9-6-11-19(12-13-20-3)15-7-8-15/h15,18H,4-13H2,1-3H3. The van der Waals surface area contributed by atoms with Crippen molar-refractivity contribution in [3.05, 3.63) is 0 Å². The van der Waals surface area contributed by atoms with Crippen molar-refractivity contribution in [2.45, 2.75) is 64.0 Å². The monoisotopic (exact) mass is 281 g/mol. The lowest BCUT2D eigenvalue weighted by atomic mass is 9.91. The summed E-state index contributed by atoms with van der Waals surface area (Å²) in [7, 11) is 1.76. The number of hydrogen-bond donors (Lipinski definition) is 1. The van der Waals surface area contributed by atoms with Crippen LogP contribution >= 0.6 is 0 Å². The predicted octanol–water partition coefficient (Wildman–Crippen LogP) is 2.55. The Hall–Kier alpha value is -0.630. The fraction of sp³-hybridized carbons (Fsp3) is 0.938. The quantitative estimate of drug-likeness (QED) is 0.597. The molecular formula is C16H31N3O. The summed E-state index contributed by atoms with van der Waals surface area (Å²) >= 11 is 0. The number of methoxy groups -OCH3 is 1. The largest absolute Gasteiger partial charge is 0.383 e. The van der Waals surface area contributed by atoms with Gasteiger partial charge in [-0.1, -0.05) is 13.8 Å². The van der Waals surface area contributed by atoms with Crippen LogP contribution in [0.1, 0.15) is 52.4 Å². The fourth-order valence-electron chi connectivity index (χ4n) is 2.64. The molecule has 0 radical (unpaired) electrons. The average molecular weight is 281 g/mol. The normalized spacial score (nSPS) is 17.9. The third-order valence-electron chi connectivity index (χ3n) is 4.23. The van der Waals surface area contributed by atoms with Gasteiger partial charge in [0.15, 0.2) is 0 Å². The van der Waals surface area contributed by atoms with Gasteiger partial charge in [0.2, 0.25) is 0 Å². The summed E-state index contributed by atoms with van der Waals surface area (Å²) in [5, 5.41) is 12.9. The molecule has 1 rings (SSSR count). The summed E-state index contributed by atoms with van der Waals surface area (Å²) in [6.45, 7) is 8.10. The molecule has 0 aromatic heterocycles. The maximum absolute atomic E-state index is 9.49. The average Bonchev–Trinajstić information content (AvgIpc) is 3.31. The van der Waals surface area contributed by atoms with Gasteiger partial charge in [-0.15, -0.1) is 0 Å². The van der Waals surface area contributed by atoms with Gasteiger partial charge in [0, 0.05) is 19.7 Å². The third-order valence-corrected chi connectivity index (χ3v) is 4.23. The maximum atomic E-state index is 9.49. The lowest BCUT2D eigenvalue weighted by molar-refractivity contribution is 0.140. The predicted molar refractivity (Wildman–Crippen MR) is 82.6 cm³/mol. The molecule has 1 unspecified atom stereocenters. The summed E-state index contributed by atoms with van der Waals surface area (Å²) in [5.41, 5.74) is -0.327. The summed E-state index contributed by atoms with van der Waals surface area (Å²) in [6, 6.07) is 3.28. The first-order valence-electron chi connectivity index (χ1n) is 8.10. The van der Waals surface area contributed by atoms with Crippen LogP contribution in [0.2, 0.25) is 0 Å². The molecule has 4 nitrogen and oxygen atoms in total. The number of ether oxygens (including phenoxy) is 1. The number of rotatable bonds is 12. The van der Waals surface area contributed by atoms with E-state index < -0.39 is 0 Å². The molecule has 0 spiro atoms. The molecule has 0 aliphatic heterocycles. The van der Waals surface area contributed by atoms with E-state index >= 15 is 0 Å². The Morgan fingerprint density at radius 1 is 1.35 bits per heavy atom. The second-order valence-electron chi connectivity index (χ2n) is 5.84. The number of nitrogens with one attached hydrogen (secondary N) is 1. The van der Waals surface area contributed by atoms with Gasteiger partial charge in [0.1, 0.15) is 5.54 Å². The maximum Gasteiger partial charge on any atom is 0.106 e. The number of nitrogens with zero attached hydrogens (tertiary/aromatic N) is 2. The van der Waals surface area contributed by atoms with Crippen molar-refractivity contribution in [2.75, 3.05) is 33.4 Å². The van der Waals surface area contributed by atoms with E-state index in [1.54, 1.807) is 7.11 Å². The Morgan fingerprint density at radius 3 is 2.60 bits per heavy atom. The van der Waals surface area contributed by atoms with Crippen LogP contribution in [0.25, 0.3) is 0 Å². The van der Waals surface area contributed by atoms with Crippen molar-refractivity contribution in [1.82, 2.24) is 10.2 Å². The van der Waals surface area contributed by atoms with Gasteiger partial charge in [-0.2, -0.15) is 5.26 Å². The van der Waals surface area contributed by atoms with Crippen LogP contribution in [0, 0.1) is 11.3 Å². The Bertz CT molecular complexity index is 299. The van der Waals surface area contributed by atoms with Crippen molar-refractivity contribution in [3.8, 4) is 6.07 Å². The second kappa shape index (κ2) is 9.33. The van der Waals surface area contributed by atoms with E-state index in [0.717, 1.165) is 58.0 Å². The van der Waals surface area contributed by atoms with Crippen molar-refractivity contribution < 1.29 is 4.74 Å². The van der Waals surface area contributed by atoms with Crippen molar-refractivity contribution in [1.29, 1.82) is 5.26 Å². The van der Waals surface area contributed by atoms with Crippen LogP contribution in [0.15, 0.2) is 0 Å². The van der Waals surface area contributed by atoms with E-state index in [-0.39, 0.29) is 5.54 Å². The van der Waals surface area contributed by atoms with E-state index in [1.165, 1.54) is 12.8 Å². The van der Waals surface area contributed by atoms with Crippen LogP contribution in [0.4, 0.5) is 0 Å². The third kappa shape index (κ3) is 5.78. The first-order valence-corrected chi connectivity index (χ1v) is 8.10. The van der Waals surface area contributed by atoms with Gasteiger partial charge >= 0.3 is 0 Å². The first-order chi connectivity index (χ1) is 9.71. The Morgan fingerprint density at radius 2 is 2.10 bits per heavy atom. The van der Waals surface area contributed by atoms with E-state index in [2.05, 4.69) is 30.1 Å². The van der Waals surface area contributed by atoms with Gasteiger partial charge in [0.25, 0.3) is 0 Å². The highest BCUT2D eigenvalue weighted by molar-refractivity contribution is 5.06. The van der Waals surface area contributed by atoms with Crippen molar-refractivity contribution in [3.63, 3.8) is 0 Å². The van der Waals surface area contributed by atoms with Crippen LogP contribution in [0.5, 0.6) is 0 Å². The minimum atomic E-state index is -0.327. The minimum Gasteiger partial charge on any atom is -0.383 e. The highest BCUT2D eigenvalue weighted by atomic mass is 16.5. The van der Waals surface area contributed by atoms with E-state index in [9.17, 15) is 5.26 Å².